The summed E-state index contributed by atoms with van der Waals surface area (Å²) < 4.78 is 35.1. The van der Waals surface area contributed by atoms with E-state index in [0.717, 1.165) is 31.4 Å². The van der Waals surface area contributed by atoms with Gasteiger partial charge >= 0.3 is 6.61 Å². The third kappa shape index (κ3) is 2.47. The van der Waals surface area contributed by atoms with Crippen LogP contribution in [-0.4, -0.2) is 38.3 Å². The molecule has 3 rings (SSSR count). The van der Waals surface area contributed by atoms with Crippen LogP contribution < -0.4 is 9.47 Å². The van der Waals surface area contributed by atoms with Crippen molar-refractivity contribution >= 4 is 0 Å². The minimum atomic E-state index is -2.86. The average molecular weight is 309 g/mol. The molecule has 2 aliphatic rings. The zero-order valence-electron chi connectivity index (χ0n) is 12.9. The minimum absolute atomic E-state index is 0.108. The van der Waals surface area contributed by atoms with Crippen LogP contribution >= 0.6 is 0 Å². The van der Waals surface area contributed by atoms with E-state index >= 15 is 0 Å². The van der Waals surface area contributed by atoms with E-state index in [0.29, 0.717) is 11.8 Å². The number of fused-ring (bicyclic) bond motifs is 1. The first-order valence-corrected chi connectivity index (χ1v) is 7.58. The number of allylic oxidation sites excluding steroid dienone is 1. The number of ether oxygens (including phenoxy) is 2. The maximum atomic E-state index is 12.6. The van der Waals surface area contributed by atoms with E-state index in [1.807, 2.05) is 6.07 Å². The van der Waals surface area contributed by atoms with Crippen molar-refractivity contribution < 1.29 is 18.3 Å². The lowest BCUT2D eigenvalue weighted by atomic mass is 9.70. The Hall–Kier alpha value is -1.62. The van der Waals surface area contributed by atoms with Gasteiger partial charge in [0.1, 0.15) is 0 Å². The van der Waals surface area contributed by atoms with Crippen LogP contribution in [0.5, 0.6) is 11.5 Å². The van der Waals surface area contributed by atoms with Gasteiger partial charge in [0.15, 0.2) is 11.5 Å². The summed E-state index contributed by atoms with van der Waals surface area (Å²) in [4.78, 5) is 2.36. The second-order valence-corrected chi connectivity index (χ2v) is 6.01. The Labute approximate surface area is 129 Å². The summed E-state index contributed by atoms with van der Waals surface area (Å²) in [6.45, 7) is -1.85. The largest absolute Gasteiger partial charge is 0.493 e. The molecule has 0 bridgehead atoms. The fraction of sp³-hybridized carbons (Fsp3) is 0.529. The molecule has 1 aliphatic carbocycles. The number of alkyl halides is 2. The molecule has 120 valence electrons. The highest BCUT2D eigenvalue weighted by molar-refractivity contribution is 5.48. The van der Waals surface area contributed by atoms with Gasteiger partial charge < -0.3 is 14.4 Å². The number of likely N-dealkylation sites (N-methyl/N-ethyl adjacent to an activating group) is 1. The molecular formula is C17H21F2NO2. The summed E-state index contributed by atoms with van der Waals surface area (Å²) in [5.41, 5.74) is 0.911. The first-order chi connectivity index (χ1) is 10.6. The maximum Gasteiger partial charge on any atom is 0.387 e. The molecule has 5 heteroatoms. The molecule has 1 aromatic carbocycles. The molecule has 0 amide bonds. The third-order valence-corrected chi connectivity index (χ3v) is 4.94. The van der Waals surface area contributed by atoms with Gasteiger partial charge in [-0.15, -0.1) is 0 Å². The lowest BCUT2D eigenvalue weighted by Gasteiger charge is -2.38. The van der Waals surface area contributed by atoms with Crippen LogP contribution in [0.3, 0.4) is 0 Å². The lowest BCUT2D eigenvalue weighted by Crippen LogP contribution is -2.41. The Bertz CT molecular complexity index is 576. The number of likely N-dealkylation sites (tertiary alicyclic amines) is 1. The van der Waals surface area contributed by atoms with E-state index in [2.05, 4.69) is 28.8 Å². The normalized spacial score (nSPS) is 28.0. The predicted molar refractivity (Wildman–Crippen MR) is 80.7 cm³/mol. The Balaban J connectivity index is 2.03. The number of halogens is 2. The van der Waals surface area contributed by atoms with Gasteiger partial charge in [0.2, 0.25) is 0 Å². The van der Waals surface area contributed by atoms with Crippen LogP contribution in [-0.2, 0) is 5.41 Å². The van der Waals surface area contributed by atoms with Crippen LogP contribution in [0.15, 0.2) is 30.4 Å². The Kier molecular flexibility index (Phi) is 4.08. The predicted octanol–water partition coefficient (Wildman–Crippen LogP) is 3.59. The first-order valence-electron chi connectivity index (χ1n) is 7.58. The van der Waals surface area contributed by atoms with E-state index in [9.17, 15) is 8.78 Å². The standard InChI is InChI=1S/C17H21F2NO2/c1-20-10-9-17(8-4-3-5-15(17)20)12-6-7-13(21-2)14(11-12)22-16(18)19/h4,6-8,11,15-16H,3,5,9-10H2,1-2H3/t15-,17-/m0/s1. The quantitative estimate of drug-likeness (QED) is 0.793. The second-order valence-electron chi connectivity index (χ2n) is 6.01. The molecule has 0 N–H and O–H groups in total. The van der Waals surface area contributed by atoms with Gasteiger partial charge in [0.25, 0.3) is 0 Å². The monoisotopic (exact) mass is 309 g/mol. The molecule has 0 saturated carbocycles. The van der Waals surface area contributed by atoms with Gasteiger partial charge in [0.05, 0.1) is 7.11 Å². The van der Waals surface area contributed by atoms with E-state index in [4.69, 9.17) is 4.74 Å². The molecule has 1 saturated heterocycles. The molecule has 1 aromatic rings. The third-order valence-electron chi connectivity index (χ3n) is 4.94. The zero-order valence-corrected chi connectivity index (χ0v) is 12.9. The van der Waals surface area contributed by atoms with Crippen LogP contribution in [0.25, 0.3) is 0 Å². The van der Waals surface area contributed by atoms with E-state index in [1.54, 1.807) is 12.1 Å². The van der Waals surface area contributed by atoms with Gasteiger partial charge in [-0.05, 0) is 50.6 Å². The average Bonchev–Trinajstić information content (AvgIpc) is 2.85. The van der Waals surface area contributed by atoms with Crippen molar-refractivity contribution in [3.63, 3.8) is 0 Å². The minimum Gasteiger partial charge on any atom is -0.493 e. The molecule has 1 aliphatic heterocycles. The molecule has 22 heavy (non-hydrogen) atoms. The summed E-state index contributed by atoms with van der Waals surface area (Å²) in [6, 6.07) is 5.82. The molecule has 3 nitrogen and oxygen atoms in total. The smallest absolute Gasteiger partial charge is 0.387 e. The molecule has 0 unspecified atom stereocenters. The molecule has 1 heterocycles. The van der Waals surface area contributed by atoms with E-state index in [-0.39, 0.29) is 11.2 Å². The number of nitrogens with zero attached hydrogens (tertiary/aromatic N) is 1. The molecular weight excluding hydrogens is 288 g/mol. The van der Waals surface area contributed by atoms with Gasteiger partial charge in [-0.3, -0.25) is 0 Å². The summed E-state index contributed by atoms with van der Waals surface area (Å²) in [5, 5.41) is 0. The number of benzene rings is 1. The topological polar surface area (TPSA) is 21.7 Å². The van der Waals surface area contributed by atoms with Crippen molar-refractivity contribution in [2.75, 3.05) is 20.7 Å². The molecule has 2 atom stereocenters. The summed E-state index contributed by atoms with van der Waals surface area (Å²) >= 11 is 0. The van der Waals surface area contributed by atoms with Gasteiger partial charge in [-0.25, -0.2) is 0 Å². The highest BCUT2D eigenvalue weighted by atomic mass is 19.3. The number of rotatable bonds is 4. The Morgan fingerprint density at radius 3 is 2.86 bits per heavy atom. The summed E-state index contributed by atoms with van der Waals surface area (Å²) in [7, 11) is 3.59. The van der Waals surface area contributed by atoms with Crippen LogP contribution in [0.1, 0.15) is 24.8 Å². The first kappa shape index (κ1) is 15.3. The Morgan fingerprint density at radius 2 is 2.14 bits per heavy atom. The van der Waals surface area contributed by atoms with Crippen molar-refractivity contribution in [3.8, 4) is 11.5 Å². The zero-order chi connectivity index (χ0) is 15.7. The van der Waals surface area contributed by atoms with Crippen LogP contribution in [0.4, 0.5) is 8.78 Å². The number of hydrogen-bond acceptors (Lipinski definition) is 3. The van der Waals surface area contributed by atoms with Gasteiger partial charge in [0, 0.05) is 11.5 Å². The number of hydrogen-bond donors (Lipinski definition) is 0. The SMILES string of the molecule is COc1ccc([C@@]23C=CCC[C@@H]2N(C)CC3)cc1OC(F)F. The molecule has 1 fully saturated rings. The fourth-order valence-electron chi connectivity index (χ4n) is 3.88. The van der Waals surface area contributed by atoms with Gasteiger partial charge in [-0.2, -0.15) is 8.78 Å². The van der Waals surface area contributed by atoms with Crippen molar-refractivity contribution in [1.82, 2.24) is 4.90 Å². The lowest BCUT2D eigenvalue weighted by molar-refractivity contribution is -0.0513. The van der Waals surface area contributed by atoms with Gasteiger partial charge in [-0.1, -0.05) is 18.2 Å². The van der Waals surface area contributed by atoms with Crippen molar-refractivity contribution in [1.29, 1.82) is 0 Å². The fourth-order valence-corrected chi connectivity index (χ4v) is 3.88. The van der Waals surface area contributed by atoms with Crippen molar-refractivity contribution in [3.05, 3.63) is 35.9 Å². The highest BCUT2D eigenvalue weighted by Gasteiger charge is 2.46. The summed E-state index contributed by atoms with van der Waals surface area (Å²) in [6.07, 6.45) is 7.59. The number of methoxy groups -OCH3 is 1. The molecule has 0 radical (unpaired) electrons. The van der Waals surface area contributed by atoms with Crippen molar-refractivity contribution in [2.24, 2.45) is 0 Å². The molecule has 0 spiro atoms. The van der Waals surface area contributed by atoms with E-state index < -0.39 is 6.61 Å². The second kappa shape index (κ2) is 5.88. The molecule has 0 aromatic heterocycles. The highest BCUT2D eigenvalue weighted by Crippen LogP contribution is 2.47. The Morgan fingerprint density at radius 1 is 1.32 bits per heavy atom. The van der Waals surface area contributed by atoms with Crippen LogP contribution in [0.2, 0.25) is 0 Å². The maximum absolute atomic E-state index is 12.6. The van der Waals surface area contributed by atoms with E-state index in [1.165, 1.54) is 7.11 Å². The summed E-state index contributed by atoms with van der Waals surface area (Å²) in [5.74, 6) is 0.444. The van der Waals surface area contributed by atoms with Crippen LogP contribution in [0, 0.1) is 0 Å². The van der Waals surface area contributed by atoms with Crippen molar-refractivity contribution in [2.45, 2.75) is 37.3 Å².